The molecule has 2 aliphatic rings. The summed E-state index contributed by atoms with van der Waals surface area (Å²) in [4.78, 5) is 8.88. The van der Waals surface area contributed by atoms with E-state index in [1.165, 1.54) is 54.7 Å². The van der Waals surface area contributed by atoms with Crippen LogP contribution in [-0.2, 0) is 5.54 Å². The number of imidazole rings is 1. The smallest absolute Gasteiger partial charge is 0.194 e. The molecule has 3 heterocycles. The summed E-state index contributed by atoms with van der Waals surface area (Å²) in [5, 5.41) is 2.17. The third-order valence-electron chi connectivity index (χ3n) is 6.03. The molecule has 0 N–H and O–H groups in total. The van der Waals surface area contributed by atoms with E-state index >= 15 is 0 Å². The number of thiazole rings is 1. The molecule has 1 aliphatic heterocycles. The van der Waals surface area contributed by atoms with Gasteiger partial charge in [-0.1, -0.05) is 37.5 Å². The van der Waals surface area contributed by atoms with Crippen LogP contribution in [0.2, 0.25) is 0 Å². The fraction of sp³-hybridized carbons (Fsp3) is 0.450. The van der Waals surface area contributed by atoms with Crippen LogP contribution >= 0.6 is 11.3 Å². The Morgan fingerprint density at radius 3 is 2.75 bits per heavy atom. The lowest BCUT2D eigenvalue weighted by Crippen LogP contribution is -2.45. The fourth-order valence-corrected chi connectivity index (χ4v) is 5.77. The Kier molecular flexibility index (Phi) is 3.08. The standard InChI is InChI=1S/C20H23N3S/c1-14-8-4-5-9-16(14)23-15(2)17-18(20(23)10-6-3-7-11-20)22-12-13-24-19(22)21-17/h4-5,8-9,12-13,15H,3,6-7,10-11H2,1-2H3/t15-/m0/s1. The second-order valence-corrected chi connectivity index (χ2v) is 8.20. The second kappa shape index (κ2) is 5.09. The molecule has 0 amide bonds. The molecule has 3 nitrogen and oxygen atoms in total. The van der Waals surface area contributed by atoms with Crippen LogP contribution in [0, 0.1) is 6.92 Å². The molecular formula is C20H23N3S. The predicted octanol–water partition coefficient (Wildman–Crippen LogP) is 5.44. The van der Waals surface area contributed by atoms with Gasteiger partial charge in [0.2, 0.25) is 0 Å². The number of aryl methyl sites for hydroxylation is 1. The van der Waals surface area contributed by atoms with Gasteiger partial charge >= 0.3 is 0 Å². The number of para-hydroxylation sites is 1. The van der Waals surface area contributed by atoms with E-state index < -0.39 is 0 Å². The van der Waals surface area contributed by atoms with Crippen molar-refractivity contribution in [2.45, 2.75) is 57.5 Å². The number of anilines is 1. The van der Waals surface area contributed by atoms with Crippen molar-refractivity contribution in [2.75, 3.05) is 4.90 Å². The number of fused-ring (bicyclic) bond motifs is 4. The molecule has 4 heteroatoms. The van der Waals surface area contributed by atoms with Crippen molar-refractivity contribution in [3.05, 3.63) is 52.8 Å². The van der Waals surface area contributed by atoms with Gasteiger partial charge < -0.3 is 4.90 Å². The largest absolute Gasteiger partial charge is 0.352 e. The Hall–Kier alpha value is -1.81. The first-order chi connectivity index (χ1) is 11.7. The van der Waals surface area contributed by atoms with Gasteiger partial charge in [0.05, 0.1) is 23.0 Å². The number of hydrogen-bond acceptors (Lipinski definition) is 3. The zero-order chi connectivity index (χ0) is 16.3. The molecule has 1 aromatic carbocycles. The summed E-state index contributed by atoms with van der Waals surface area (Å²) in [6, 6.07) is 9.19. The van der Waals surface area contributed by atoms with Crippen molar-refractivity contribution in [1.82, 2.24) is 9.38 Å². The van der Waals surface area contributed by atoms with Gasteiger partial charge in [-0.15, -0.1) is 11.3 Å². The maximum Gasteiger partial charge on any atom is 0.194 e. The lowest BCUT2D eigenvalue weighted by Gasteiger charge is -2.45. The van der Waals surface area contributed by atoms with Gasteiger partial charge in [-0.05, 0) is 38.3 Å². The van der Waals surface area contributed by atoms with E-state index in [0.29, 0.717) is 6.04 Å². The van der Waals surface area contributed by atoms with Gasteiger partial charge in [-0.25, -0.2) is 4.98 Å². The predicted molar refractivity (Wildman–Crippen MR) is 99.9 cm³/mol. The average molecular weight is 337 g/mol. The molecule has 1 saturated carbocycles. The van der Waals surface area contributed by atoms with E-state index in [4.69, 9.17) is 4.98 Å². The van der Waals surface area contributed by atoms with Crippen molar-refractivity contribution in [3.63, 3.8) is 0 Å². The first-order valence-electron chi connectivity index (χ1n) is 9.03. The lowest BCUT2D eigenvalue weighted by molar-refractivity contribution is 0.276. The Balaban J connectivity index is 1.78. The summed E-state index contributed by atoms with van der Waals surface area (Å²) in [6.07, 6.45) is 8.68. The minimum absolute atomic E-state index is 0.111. The minimum Gasteiger partial charge on any atom is -0.352 e. The van der Waals surface area contributed by atoms with Gasteiger partial charge in [-0.3, -0.25) is 4.40 Å². The number of rotatable bonds is 1. The zero-order valence-corrected chi connectivity index (χ0v) is 15.1. The third-order valence-corrected chi connectivity index (χ3v) is 6.79. The monoisotopic (exact) mass is 337 g/mol. The topological polar surface area (TPSA) is 20.5 Å². The molecule has 0 saturated heterocycles. The molecule has 1 atom stereocenters. The van der Waals surface area contributed by atoms with Crippen LogP contribution in [0.15, 0.2) is 35.8 Å². The van der Waals surface area contributed by atoms with E-state index in [0.717, 1.165) is 4.96 Å². The van der Waals surface area contributed by atoms with Crippen LogP contribution in [-0.4, -0.2) is 9.38 Å². The lowest BCUT2D eigenvalue weighted by atomic mass is 9.79. The van der Waals surface area contributed by atoms with Gasteiger partial charge in [0.1, 0.15) is 0 Å². The van der Waals surface area contributed by atoms with E-state index in [1.54, 1.807) is 11.3 Å². The van der Waals surface area contributed by atoms with Gasteiger partial charge in [0.15, 0.2) is 4.96 Å². The van der Waals surface area contributed by atoms with Crippen LogP contribution < -0.4 is 4.90 Å². The Morgan fingerprint density at radius 2 is 1.96 bits per heavy atom. The van der Waals surface area contributed by atoms with Crippen molar-refractivity contribution >= 4 is 22.0 Å². The number of aromatic nitrogens is 2. The van der Waals surface area contributed by atoms with E-state index in [1.807, 2.05) is 0 Å². The summed E-state index contributed by atoms with van der Waals surface area (Å²) >= 11 is 1.75. The van der Waals surface area contributed by atoms with Crippen LogP contribution in [0.25, 0.3) is 4.96 Å². The van der Waals surface area contributed by atoms with Crippen LogP contribution in [0.4, 0.5) is 5.69 Å². The highest BCUT2D eigenvalue weighted by molar-refractivity contribution is 7.15. The summed E-state index contributed by atoms with van der Waals surface area (Å²) in [6.45, 7) is 4.58. The SMILES string of the molecule is Cc1ccccc1N1[C@@H](C)c2nc3sccn3c2C12CCCCC2. The molecule has 124 valence electrons. The molecular weight excluding hydrogens is 314 g/mol. The summed E-state index contributed by atoms with van der Waals surface area (Å²) in [5.74, 6) is 0. The fourth-order valence-electron chi connectivity index (χ4n) is 5.05. The van der Waals surface area contributed by atoms with E-state index in [2.05, 4.69) is 59.0 Å². The molecule has 0 bridgehead atoms. The maximum absolute atomic E-state index is 5.03. The highest BCUT2D eigenvalue weighted by Crippen LogP contribution is 2.55. The van der Waals surface area contributed by atoms with Crippen LogP contribution in [0.3, 0.4) is 0 Å². The second-order valence-electron chi connectivity index (χ2n) is 7.33. The number of hydrogen-bond donors (Lipinski definition) is 0. The summed E-state index contributed by atoms with van der Waals surface area (Å²) < 4.78 is 2.38. The normalized spacial score (nSPS) is 22.4. The minimum atomic E-state index is 0.111. The first-order valence-corrected chi connectivity index (χ1v) is 9.91. The third kappa shape index (κ3) is 1.75. The Labute approximate surface area is 146 Å². The first kappa shape index (κ1) is 14.5. The molecule has 0 unspecified atom stereocenters. The number of nitrogens with zero attached hydrogens (tertiary/aromatic N) is 3. The quantitative estimate of drug-likeness (QED) is 0.589. The number of benzene rings is 1. The summed E-state index contributed by atoms with van der Waals surface area (Å²) in [5.41, 5.74) is 5.63. The van der Waals surface area contributed by atoms with Crippen LogP contribution in [0.5, 0.6) is 0 Å². The van der Waals surface area contributed by atoms with Gasteiger partial charge in [0.25, 0.3) is 0 Å². The van der Waals surface area contributed by atoms with E-state index in [-0.39, 0.29) is 5.54 Å². The van der Waals surface area contributed by atoms with Crippen molar-refractivity contribution in [1.29, 1.82) is 0 Å². The van der Waals surface area contributed by atoms with Crippen molar-refractivity contribution in [3.8, 4) is 0 Å². The van der Waals surface area contributed by atoms with Gasteiger partial charge in [-0.2, -0.15) is 0 Å². The molecule has 2 aromatic heterocycles. The molecule has 24 heavy (non-hydrogen) atoms. The average Bonchev–Trinajstić information content (AvgIpc) is 3.22. The van der Waals surface area contributed by atoms with Crippen LogP contribution in [0.1, 0.15) is 62.0 Å². The molecule has 0 radical (unpaired) electrons. The van der Waals surface area contributed by atoms with Gasteiger partial charge in [0, 0.05) is 17.3 Å². The highest BCUT2D eigenvalue weighted by Gasteiger charge is 2.52. The Bertz CT molecular complexity index is 901. The summed E-state index contributed by atoms with van der Waals surface area (Å²) in [7, 11) is 0. The molecule has 5 rings (SSSR count). The maximum atomic E-state index is 5.03. The highest BCUT2D eigenvalue weighted by atomic mass is 32.1. The van der Waals surface area contributed by atoms with Crippen molar-refractivity contribution in [2.24, 2.45) is 0 Å². The molecule has 1 aliphatic carbocycles. The zero-order valence-electron chi connectivity index (χ0n) is 14.3. The Morgan fingerprint density at radius 1 is 1.17 bits per heavy atom. The molecule has 1 spiro atoms. The van der Waals surface area contributed by atoms with Crippen molar-refractivity contribution < 1.29 is 0 Å². The molecule has 3 aromatic rings. The molecule has 1 fully saturated rings. The van der Waals surface area contributed by atoms with E-state index in [9.17, 15) is 0 Å².